The second-order valence-corrected chi connectivity index (χ2v) is 2.07. The minimum absolute atomic E-state index is 0. The van der Waals surface area contributed by atoms with Crippen molar-refractivity contribution in [1.82, 2.24) is 0 Å². The summed E-state index contributed by atoms with van der Waals surface area (Å²) in [5, 5.41) is 0. The third-order valence-corrected chi connectivity index (χ3v) is 1.41. The van der Waals surface area contributed by atoms with Gasteiger partial charge in [0.25, 0.3) is 0 Å². The molecule has 10 heavy (non-hydrogen) atoms. The molecule has 0 saturated carbocycles. The normalized spacial score (nSPS) is 8.80. The van der Waals surface area contributed by atoms with Crippen LogP contribution in [-0.4, -0.2) is 0 Å². The Morgan fingerprint density at radius 2 is 1.20 bits per heavy atom. The first-order valence-corrected chi connectivity index (χ1v) is 3.22. The highest BCUT2D eigenvalue weighted by atomic mass is 13.9. The van der Waals surface area contributed by atoms with Crippen LogP contribution < -0.4 is 0 Å². The summed E-state index contributed by atoms with van der Waals surface area (Å²) in [6, 6.07) is 8.07. The van der Waals surface area contributed by atoms with Crippen LogP contribution in [0.15, 0.2) is 37.4 Å². The maximum absolute atomic E-state index is 3.66. The van der Waals surface area contributed by atoms with Crippen LogP contribution in [0.5, 0.6) is 0 Å². The van der Waals surface area contributed by atoms with E-state index in [1.54, 1.807) is 0 Å². The molecule has 0 aliphatic rings. The van der Waals surface area contributed by atoms with Gasteiger partial charge in [-0.2, -0.15) is 0 Å². The van der Waals surface area contributed by atoms with Crippen molar-refractivity contribution >= 4 is 12.2 Å². The van der Waals surface area contributed by atoms with Gasteiger partial charge < -0.3 is 0 Å². The Kier molecular flexibility index (Phi) is 2.06. The van der Waals surface area contributed by atoms with E-state index in [1.165, 1.54) is 0 Å². The molecule has 0 aromatic heterocycles. The molecule has 0 unspecified atom stereocenters. The molecule has 0 N–H and O–H groups in total. The molecule has 0 bridgehead atoms. The number of hydrogen-bond acceptors (Lipinski definition) is 0. The second-order valence-electron chi connectivity index (χ2n) is 2.07. The van der Waals surface area contributed by atoms with Gasteiger partial charge in [-0.15, -0.1) is 0 Å². The molecule has 0 atom stereocenters. The van der Waals surface area contributed by atoms with Crippen LogP contribution in [0.25, 0.3) is 12.2 Å². The molecule has 0 amide bonds. The Bertz CT molecular complexity index is 207. The van der Waals surface area contributed by atoms with E-state index in [9.17, 15) is 0 Å². The molecule has 1 aromatic rings. The molecule has 0 fully saturated rings. The first-order valence-electron chi connectivity index (χ1n) is 3.22. The molecule has 1 aromatic carbocycles. The lowest BCUT2D eigenvalue weighted by molar-refractivity contribution is 1.63. The molecule has 0 radical (unpaired) electrons. The molecule has 0 nitrogen and oxygen atoms in total. The van der Waals surface area contributed by atoms with Crippen molar-refractivity contribution in [2.24, 2.45) is 0 Å². The van der Waals surface area contributed by atoms with Crippen LogP contribution in [-0.2, 0) is 0 Å². The van der Waals surface area contributed by atoms with Gasteiger partial charge in [0.1, 0.15) is 0 Å². The summed E-state index contributed by atoms with van der Waals surface area (Å²) >= 11 is 0. The van der Waals surface area contributed by atoms with Crippen LogP contribution in [0.4, 0.5) is 0 Å². The molecule has 0 heterocycles. The highest BCUT2D eigenvalue weighted by Crippen LogP contribution is 2.05. The topological polar surface area (TPSA) is 0 Å². The fraction of sp³-hybridized carbons (Fsp3) is 0. The summed E-state index contributed by atoms with van der Waals surface area (Å²) < 4.78 is 0. The smallest absolute Gasteiger partial charge is 0 e. The van der Waals surface area contributed by atoms with Gasteiger partial charge in [0.05, 0.1) is 0 Å². The van der Waals surface area contributed by atoms with Gasteiger partial charge in [0.2, 0.25) is 0 Å². The summed E-state index contributed by atoms with van der Waals surface area (Å²) in [5.41, 5.74) is 2.29. The second kappa shape index (κ2) is 3.02. The van der Waals surface area contributed by atoms with Crippen molar-refractivity contribution in [3.05, 3.63) is 48.6 Å². The monoisotopic (exact) mass is 132 g/mol. The molecular formula is C10H12. The average molecular weight is 132 g/mol. The van der Waals surface area contributed by atoms with E-state index in [2.05, 4.69) is 13.2 Å². The van der Waals surface area contributed by atoms with Crippen molar-refractivity contribution in [2.45, 2.75) is 0 Å². The zero-order valence-corrected chi connectivity index (χ0v) is 5.88. The van der Waals surface area contributed by atoms with E-state index in [-0.39, 0.29) is 1.43 Å². The first-order chi connectivity index (χ1) is 4.86. The van der Waals surface area contributed by atoms with E-state index >= 15 is 0 Å². The van der Waals surface area contributed by atoms with Gasteiger partial charge in [-0.3, -0.25) is 0 Å². The first kappa shape index (κ1) is 6.81. The quantitative estimate of drug-likeness (QED) is 0.579. The Morgan fingerprint density at radius 3 is 1.40 bits per heavy atom. The molecule has 0 saturated heterocycles. The van der Waals surface area contributed by atoms with E-state index < -0.39 is 0 Å². The molecule has 0 heteroatoms. The van der Waals surface area contributed by atoms with Gasteiger partial charge >= 0.3 is 0 Å². The van der Waals surface area contributed by atoms with Crippen molar-refractivity contribution in [3.8, 4) is 0 Å². The lowest BCUT2D eigenvalue weighted by Gasteiger charge is -1.92. The summed E-state index contributed by atoms with van der Waals surface area (Å²) in [6.07, 6.45) is 3.65. The standard InChI is InChI=1S/C10H10.H2/c1-3-9-5-7-10(4-2)8-6-9;/h3-8H,1-2H2;1H. The van der Waals surface area contributed by atoms with Crippen LogP contribution in [0.2, 0.25) is 0 Å². The number of rotatable bonds is 2. The Hall–Kier alpha value is -1.30. The molecule has 1 rings (SSSR count). The van der Waals surface area contributed by atoms with Crippen molar-refractivity contribution in [3.63, 3.8) is 0 Å². The summed E-state index contributed by atoms with van der Waals surface area (Å²) in [6.45, 7) is 7.32. The van der Waals surface area contributed by atoms with Crippen LogP contribution in [0, 0.1) is 0 Å². The summed E-state index contributed by atoms with van der Waals surface area (Å²) in [5.74, 6) is 0. The third kappa shape index (κ3) is 1.35. The van der Waals surface area contributed by atoms with Gasteiger partial charge in [-0.1, -0.05) is 49.6 Å². The largest absolute Gasteiger partial charge is 0.0985 e. The molecule has 52 valence electrons. The fourth-order valence-corrected chi connectivity index (χ4v) is 0.768. The predicted octanol–water partition coefficient (Wildman–Crippen LogP) is 3.22. The van der Waals surface area contributed by atoms with E-state index in [1.807, 2.05) is 36.4 Å². The van der Waals surface area contributed by atoms with E-state index in [0.29, 0.717) is 0 Å². The van der Waals surface area contributed by atoms with Crippen LogP contribution >= 0.6 is 0 Å². The molecule has 0 aliphatic carbocycles. The van der Waals surface area contributed by atoms with Crippen molar-refractivity contribution in [1.29, 1.82) is 0 Å². The zero-order chi connectivity index (χ0) is 7.40. The van der Waals surface area contributed by atoms with Crippen molar-refractivity contribution in [2.75, 3.05) is 0 Å². The highest BCUT2D eigenvalue weighted by Gasteiger charge is 1.84. The average Bonchev–Trinajstić information content (AvgIpc) is 2.05. The lowest BCUT2D eigenvalue weighted by Crippen LogP contribution is -1.71. The number of benzene rings is 1. The van der Waals surface area contributed by atoms with Gasteiger partial charge in [-0.05, 0) is 11.1 Å². The Morgan fingerprint density at radius 1 is 0.900 bits per heavy atom. The molecular weight excluding hydrogens is 120 g/mol. The molecule has 0 aliphatic heterocycles. The van der Waals surface area contributed by atoms with Gasteiger partial charge in [0.15, 0.2) is 0 Å². The summed E-state index contributed by atoms with van der Waals surface area (Å²) in [7, 11) is 0. The third-order valence-electron chi connectivity index (χ3n) is 1.41. The van der Waals surface area contributed by atoms with Gasteiger partial charge in [0, 0.05) is 1.43 Å². The summed E-state index contributed by atoms with van der Waals surface area (Å²) in [4.78, 5) is 0. The van der Waals surface area contributed by atoms with E-state index in [0.717, 1.165) is 11.1 Å². The SMILES string of the molecule is C=Cc1ccc(C=C)cc1.[HH]. The maximum atomic E-state index is 3.66. The van der Waals surface area contributed by atoms with Crippen LogP contribution in [0.1, 0.15) is 12.6 Å². The lowest BCUT2D eigenvalue weighted by atomic mass is 10.1. The maximum Gasteiger partial charge on any atom is 0 e. The number of hydrogen-bond donors (Lipinski definition) is 0. The Labute approximate surface area is 63.0 Å². The molecule has 0 spiro atoms. The highest BCUT2D eigenvalue weighted by molar-refractivity contribution is 5.53. The van der Waals surface area contributed by atoms with Crippen LogP contribution in [0.3, 0.4) is 0 Å². The van der Waals surface area contributed by atoms with Gasteiger partial charge in [-0.25, -0.2) is 0 Å². The predicted molar refractivity (Wildman–Crippen MR) is 48.7 cm³/mol. The van der Waals surface area contributed by atoms with E-state index in [4.69, 9.17) is 0 Å². The fourth-order valence-electron chi connectivity index (χ4n) is 0.768. The minimum atomic E-state index is 0. The Balaban J connectivity index is 0.000001000. The van der Waals surface area contributed by atoms with Crippen molar-refractivity contribution < 1.29 is 1.43 Å². The minimum Gasteiger partial charge on any atom is -0.0985 e. The zero-order valence-electron chi connectivity index (χ0n) is 5.88.